The number of hydrogen-bond acceptors (Lipinski definition) is 6. The number of thioether (sulfide) groups is 1. The number of anilines is 1. The maximum atomic E-state index is 12.7. The average molecular weight is 511 g/mol. The van der Waals surface area contributed by atoms with Crippen LogP contribution in [-0.2, 0) is 14.3 Å². The fraction of sp³-hybridized carbons (Fsp3) is 0.333. The van der Waals surface area contributed by atoms with Crippen molar-refractivity contribution < 1.29 is 19.1 Å². The maximum absolute atomic E-state index is 12.7. The SMILES string of the molecule is CCCCOC(=O)c1ccc(NC(=O)CCCCCN2C(=O)/C(=C\c3ccccc3)SC2=S)cc1. The second-order valence-corrected chi connectivity index (χ2v) is 9.85. The Bertz CT molecular complexity index is 1070. The number of thiocarbonyl (C=S) groups is 1. The Hall–Kier alpha value is -2.97. The first-order valence-corrected chi connectivity index (χ1v) is 13.1. The summed E-state index contributed by atoms with van der Waals surface area (Å²) in [5, 5.41) is 2.85. The predicted octanol–water partition coefficient (Wildman–Crippen LogP) is 6.04. The summed E-state index contributed by atoms with van der Waals surface area (Å²) in [6, 6.07) is 16.4. The normalized spacial score (nSPS) is 14.4. The van der Waals surface area contributed by atoms with E-state index in [0.717, 1.165) is 31.2 Å². The summed E-state index contributed by atoms with van der Waals surface area (Å²) in [6.45, 7) is 3.00. The van der Waals surface area contributed by atoms with Gasteiger partial charge in [0.15, 0.2) is 0 Å². The minimum Gasteiger partial charge on any atom is -0.462 e. The molecule has 6 nitrogen and oxygen atoms in total. The number of ether oxygens (including phenoxy) is 1. The zero-order valence-electron chi connectivity index (χ0n) is 19.8. The van der Waals surface area contributed by atoms with Gasteiger partial charge in [0.1, 0.15) is 4.32 Å². The molecule has 8 heteroatoms. The highest BCUT2D eigenvalue weighted by Gasteiger charge is 2.31. The lowest BCUT2D eigenvalue weighted by molar-refractivity contribution is -0.122. The van der Waals surface area contributed by atoms with Crippen LogP contribution >= 0.6 is 24.0 Å². The fourth-order valence-corrected chi connectivity index (χ4v) is 4.74. The van der Waals surface area contributed by atoms with Gasteiger partial charge in [-0.05, 0) is 55.2 Å². The summed E-state index contributed by atoms with van der Waals surface area (Å²) in [5.41, 5.74) is 2.08. The van der Waals surface area contributed by atoms with Crippen LogP contribution in [0.4, 0.5) is 5.69 Å². The van der Waals surface area contributed by atoms with Crippen molar-refractivity contribution in [2.24, 2.45) is 0 Å². The van der Waals surface area contributed by atoms with Gasteiger partial charge in [-0.1, -0.05) is 74.1 Å². The van der Waals surface area contributed by atoms with Crippen molar-refractivity contribution in [3.05, 3.63) is 70.6 Å². The summed E-state index contributed by atoms with van der Waals surface area (Å²) >= 11 is 6.72. The zero-order chi connectivity index (χ0) is 25.0. The Kier molecular flexibility index (Phi) is 10.5. The smallest absolute Gasteiger partial charge is 0.338 e. The fourth-order valence-electron chi connectivity index (χ4n) is 3.43. The van der Waals surface area contributed by atoms with Crippen molar-refractivity contribution >= 4 is 57.8 Å². The van der Waals surface area contributed by atoms with Gasteiger partial charge in [-0.3, -0.25) is 14.5 Å². The molecule has 35 heavy (non-hydrogen) atoms. The highest BCUT2D eigenvalue weighted by atomic mass is 32.2. The Morgan fingerprint density at radius 3 is 2.49 bits per heavy atom. The number of hydrogen-bond donors (Lipinski definition) is 1. The molecule has 2 amide bonds. The molecule has 0 saturated carbocycles. The van der Waals surface area contributed by atoms with Gasteiger partial charge >= 0.3 is 5.97 Å². The molecule has 3 rings (SSSR count). The number of benzene rings is 2. The van der Waals surface area contributed by atoms with E-state index in [-0.39, 0.29) is 17.8 Å². The zero-order valence-corrected chi connectivity index (χ0v) is 21.5. The van der Waals surface area contributed by atoms with Gasteiger partial charge < -0.3 is 10.1 Å². The molecule has 0 aliphatic carbocycles. The van der Waals surface area contributed by atoms with Crippen LogP contribution in [0.25, 0.3) is 6.08 Å². The molecular weight excluding hydrogens is 480 g/mol. The van der Waals surface area contributed by atoms with Gasteiger partial charge in [0, 0.05) is 18.7 Å². The van der Waals surface area contributed by atoms with Crippen molar-refractivity contribution in [1.82, 2.24) is 4.90 Å². The van der Waals surface area contributed by atoms with E-state index in [4.69, 9.17) is 17.0 Å². The van der Waals surface area contributed by atoms with E-state index in [1.165, 1.54) is 11.8 Å². The standard InChI is InChI=1S/C27H30N2O4S2/c1-2-3-18-33-26(32)21-13-15-22(16-14-21)28-24(30)12-8-5-9-17-29-25(31)23(35-27(29)34)19-20-10-6-4-7-11-20/h4,6-7,10-11,13-16,19H,2-3,5,8-9,12,17-18H2,1H3,(H,28,30)/b23-19+. The van der Waals surface area contributed by atoms with Crippen molar-refractivity contribution in [1.29, 1.82) is 0 Å². The first-order valence-electron chi connectivity index (χ1n) is 11.9. The molecule has 2 aromatic rings. The Labute approximate surface area is 216 Å². The number of esters is 1. The summed E-state index contributed by atoms with van der Waals surface area (Å²) in [4.78, 5) is 39.2. The third-order valence-electron chi connectivity index (χ3n) is 5.39. The van der Waals surface area contributed by atoms with Crippen LogP contribution in [0.15, 0.2) is 59.5 Å². The van der Waals surface area contributed by atoms with Gasteiger partial charge in [-0.25, -0.2) is 4.79 Å². The van der Waals surface area contributed by atoms with E-state index in [9.17, 15) is 14.4 Å². The Morgan fingerprint density at radius 2 is 1.77 bits per heavy atom. The van der Waals surface area contributed by atoms with E-state index in [1.807, 2.05) is 43.3 Å². The highest BCUT2D eigenvalue weighted by Crippen LogP contribution is 2.32. The van der Waals surface area contributed by atoms with Crippen LogP contribution in [0.2, 0.25) is 0 Å². The maximum Gasteiger partial charge on any atom is 0.338 e. The monoisotopic (exact) mass is 510 g/mol. The molecule has 1 aliphatic rings. The lowest BCUT2D eigenvalue weighted by atomic mass is 10.1. The lowest BCUT2D eigenvalue weighted by Gasteiger charge is -2.14. The molecule has 1 saturated heterocycles. The second kappa shape index (κ2) is 13.8. The van der Waals surface area contributed by atoms with Crippen LogP contribution < -0.4 is 5.32 Å². The second-order valence-electron chi connectivity index (χ2n) is 8.17. The van der Waals surface area contributed by atoms with Gasteiger partial charge in [0.05, 0.1) is 17.1 Å². The van der Waals surface area contributed by atoms with E-state index in [0.29, 0.717) is 46.5 Å². The van der Waals surface area contributed by atoms with Crippen molar-refractivity contribution in [2.75, 3.05) is 18.5 Å². The van der Waals surface area contributed by atoms with Gasteiger partial charge in [0.2, 0.25) is 5.91 Å². The molecular formula is C27H30N2O4S2. The third kappa shape index (κ3) is 8.33. The van der Waals surface area contributed by atoms with E-state index < -0.39 is 0 Å². The Morgan fingerprint density at radius 1 is 1.03 bits per heavy atom. The molecule has 0 spiro atoms. The quantitative estimate of drug-likeness (QED) is 0.162. The minimum absolute atomic E-state index is 0.0562. The molecule has 1 N–H and O–H groups in total. The largest absolute Gasteiger partial charge is 0.462 e. The van der Waals surface area contributed by atoms with Gasteiger partial charge in [0.25, 0.3) is 5.91 Å². The molecule has 1 aliphatic heterocycles. The van der Waals surface area contributed by atoms with Crippen molar-refractivity contribution in [2.45, 2.75) is 45.4 Å². The van der Waals surface area contributed by atoms with E-state index in [1.54, 1.807) is 29.2 Å². The third-order valence-corrected chi connectivity index (χ3v) is 6.77. The molecule has 184 valence electrons. The van der Waals surface area contributed by atoms with Gasteiger partial charge in [-0.2, -0.15) is 0 Å². The van der Waals surface area contributed by atoms with Crippen LogP contribution in [0, 0.1) is 0 Å². The summed E-state index contributed by atoms with van der Waals surface area (Å²) < 4.78 is 5.76. The molecule has 0 unspecified atom stereocenters. The number of carbonyl (C=O) groups excluding carboxylic acids is 3. The first-order chi connectivity index (χ1) is 17.0. The highest BCUT2D eigenvalue weighted by molar-refractivity contribution is 8.26. The summed E-state index contributed by atoms with van der Waals surface area (Å²) in [6.07, 6.45) is 6.35. The van der Waals surface area contributed by atoms with Crippen LogP contribution in [0.1, 0.15) is 61.4 Å². The molecule has 2 aromatic carbocycles. The number of unbranched alkanes of at least 4 members (excludes halogenated alkanes) is 3. The number of nitrogens with one attached hydrogen (secondary N) is 1. The number of nitrogens with zero attached hydrogens (tertiary/aromatic N) is 1. The molecule has 1 fully saturated rings. The van der Waals surface area contributed by atoms with Gasteiger partial charge in [-0.15, -0.1) is 0 Å². The molecule has 0 radical (unpaired) electrons. The number of carbonyl (C=O) groups is 3. The lowest BCUT2D eigenvalue weighted by Crippen LogP contribution is -2.29. The van der Waals surface area contributed by atoms with Crippen molar-refractivity contribution in [3.8, 4) is 0 Å². The van der Waals surface area contributed by atoms with Crippen LogP contribution in [-0.4, -0.2) is 40.2 Å². The first kappa shape index (κ1) is 26.6. The number of rotatable bonds is 12. The predicted molar refractivity (Wildman–Crippen MR) is 145 cm³/mol. The summed E-state index contributed by atoms with van der Waals surface area (Å²) in [5.74, 6) is -0.493. The molecule has 0 bridgehead atoms. The summed E-state index contributed by atoms with van der Waals surface area (Å²) in [7, 11) is 0. The minimum atomic E-state index is -0.353. The number of amides is 2. The van der Waals surface area contributed by atoms with Crippen LogP contribution in [0.5, 0.6) is 0 Å². The van der Waals surface area contributed by atoms with E-state index in [2.05, 4.69) is 5.32 Å². The molecule has 1 heterocycles. The topological polar surface area (TPSA) is 75.7 Å². The van der Waals surface area contributed by atoms with E-state index >= 15 is 0 Å². The van der Waals surface area contributed by atoms with Crippen LogP contribution in [0.3, 0.4) is 0 Å². The average Bonchev–Trinajstić information content (AvgIpc) is 3.12. The Balaban J connectivity index is 1.35. The molecule has 0 atom stereocenters. The van der Waals surface area contributed by atoms with Crippen molar-refractivity contribution in [3.63, 3.8) is 0 Å². The molecule has 0 aromatic heterocycles.